The van der Waals surface area contributed by atoms with Gasteiger partial charge in [0.2, 0.25) is 0 Å². The largest absolute Gasteiger partial charge is 0.326 e. The summed E-state index contributed by atoms with van der Waals surface area (Å²) < 4.78 is 0. The molecule has 0 radical (unpaired) electrons. The van der Waals surface area contributed by atoms with Crippen LogP contribution < -0.4 is 5.73 Å². The molecule has 76 valence electrons. The molecule has 0 saturated heterocycles. The van der Waals surface area contributed by atoms with E-state index in [4.69, 9.17) is 5.73 Å². The van der Waals surface area contributed by atoms with Crippen LogP contribution in [0, 0.1) is 6.92 Å². The van der Waals surface area contributed by atoms with E-state index in [1.54, 1.807) is 18.6 Å². The minimum Gasteiger partial charge on any atom is -0.326 e. The fourth-order valence-electron chi connectivity index (χ4n) is 1.58. The zero-order valence-electron chi connectivity index (χ0n) is 8.64. The molecule has 2 N–H and O–H groups in total. The Morgan fingerprint density at radius 1 is 1.27 bits per heavy atom. The zero-order valence-corrected chi connectivity index (χ0v) is 8.64. The summed E-state index contributed by atoms with van der Waals surface area (Å²) in [6, 6.07) is 6.16. The van der Waals surface area contributed by atoms with Crippen LogP contribution in [-0.2, 0) is 6.54 Å². The van der Waals surface area contributed by atoms with Gasteiger partial charge in [0.05, 0.1) is 11.9 Å². The van der Waals surface area contributed by atoms with Crippen molar-refractivity contribution >= 4 is 0 Å². The van der Waals surface area contributed by atoms with Crippen molar-refractivity contribution in [3.05, 3.63) is 47.9 Å². The van der Waals surface area contributed by atoms with Crippen molar-refractivity contribution in [1.82, 2.24) is 9.97 Å². The van der Waals surface area contributed by atoms with E-state index in [-0.39, 0.29) is 0 Å². The van der Waals surface area contributed by atoms with Gasteiger partial charge in [-0.25, -0.2) is 0 Å². The lowest BCUT2D eigenvalue weighted by atomic mass is 10.0. The number of hydrogen-bond donors (Lipinski definition) is 1. The average Bonchev–Trinajstić information content (AvgIpc) is 2.30. The second-order valence-corrected chi connectivity index (χ2v) is 3.44. The molecule has 0 amide bonds. The summed E-state index contributed by atoms with van der Waals surface area (Å²) >= 11 is 0. The molecular formula is C12H13N3. The van der Waals surface area contributed by atoms with E-state index in [0.717, 1.165) is 16.8 Å². The third-order valence-electron chi connectivity index (χ3n) is 2.37. The summed E-state index contributed by atoms with van der Waals surface area (Å²) in [7, 11) is 0. The number of nitrogens with zero attached hydrogens (tertiary/aromatic N) is 2. The molecule has 0 aliphatic carbocycles. The van der Waals surface area contributed by atoms with Crippen molar-refractivity contribution < 1.29 is 0 Å². The second-order valence-electron chi connectivity index (χ2n) is 3.44. The van der Waals surface area contributed by atoms with Crippen molar-refractivity contribution in [2.24, 2.45) is 5.73 Å². The Balaban J connectivity index is 2.46. The lowest BCUT2D eigenvalue weighted by Gasteiger charge is -2.06. The highest BCUT2D eigenvalue weighted by Gasteiger charge is 2.03. The zero-order chi connectivity index (χ0) is 10.7. The van der Waals surface area contributed by atoms with E-state index in [9.17, 15) is 0 Å². The molecule has 15 heavy (non-hydrogen) atoms. The first kappa shape index (κ1) is 9.80. The normalized spacial score (nSPS) is 10.3. The standard InChI is InChI=1S/C12H13N3/c1-9-6-10(7-13)2-3-11(9)12-8-14-4-5-15-12/h2-6,8H,7,13H2,1H3. The molecule has 2 rings (SSSR count). The van der Waals surface area contributed by atoms with Crippen LogP contribution in [0.5, 0.6) is 0 Å². The molecule has 0 fully saturated rings. The summed E-state index contributed by atoms with van der Waals surface area (Å²) in [4.78, 5) is 8.33. The van der Waals surface area contributed by atoms with E-state index >= 15 is 0 Å². The van der Waals surface area contributed by atoms with Crippen LogP contribution in [0.4, 0.5) is 0 Å². The van der Waals surface area contributed by atoms with E-state index in [1.165, 1.54) is 5.56 Å². The Morgan fingerprint density at radius 2 is 2.13 bits per heavy atom. The molecule has 0 spiro atoms. The van der Waals surface area contributed by atoms with Crippen molar-refractivity contribution in [2.75, 3.05) is 0 Å². The van der Waals surface area contributed by atoms with Gasteiger partial charge in [-0.3, -0.25) is 9.97 Å². The minimum absolute atomic E-state index is 0.571. The Kier molecular flexibility index (Phi) is 2.74. The van der Waals surface area contributed by atoms with Crippen molar-refractivity contribution in [1.29, 1.82) is 0 Å². The van der Waals surface area contributed by atoms with Crippen molar-refractivity contribution in [2.45, 2.75) is 13.5 Å². The lowest BCUT2D eigenvalue weighted by Crippen LogP contribution is -1.97. The lowest BCUT2D eigenvalue weighted by molar-refractivity contribution is 1.06. The average molecular weight is 199 g/mol. The number of aromatic nitrogens is 2. The van der Waals surface area contributed by atoms with E-state index in [1.807, 2.05) is 12.1 Å². The van der Waals surface area contributed by atoms with Crippen LogP contribution >= 0.6 is 0 Å². The quantitative estimate of drug-likeness (QED) is 0.803. The summed E-state index contributed by atoms with van der Waals surface area (Å²) in [5.41, 5.74) is 9.91. The Hall–Kier alpha value is -1.74. The predicted octanol–water partition coefficient (Wildman–Crippen LogP) is 1.91. The van der Waals surface area contributed by atoms with Crippen LogP contribution in [-0.4, -0.2) is 9.97 Å². The molecule has 0 aliphatic heterocycles. The summed E-state index contributed by atoms with van der Waals surface area (Å²) in [6.07, 6.45) is 5.14. The Labute approximate surface area is 89.0 Å². The Morgan fingerprint density at radius 3 is 2.73 bits per heavy atom. The highest BCUT2D eigenvalue weighted by atomic mass is 14.8. The van der Waals surface area contributed by atoms with E-state index < -0.39 is 0 Å². The molecule has 0 saturated carbocycles. The van der Waals surface area contributed by atoms with Gasteiger partial charge in [-0.1, -0.05) is 18.2 Å². The van der Waals surface area contributed by atoms with Crippen LogP contribution in [0.2, 0.25) is 0 Å². The van der Waals surface area contributed by atoms with E-state index in [0.29, 0.717) is 6.54 Å². The molecule has 1 aromatic heterocycles. The number of rotatable bonds is 2. The van der Waals surface area contributed by atoms with Gasteiger partial charge < -0.3 is 5.73 Å². The first-order valence-electron chi connectivity index (χ1n) is 4.87. The molecule has 0 unspecified atom stereocenters. The fraction of sp³-hybridized carbons (Fsp3) is 0.167. The van der Waals surface area contributed by atoms with Crippen LogP contribution in [0.25, 0.3) is 11.3 Å². The minimum atomic E-state index is 0.571. The highest BCUT2D eigenvalue weighted by molar-refractivity contribution is 5.62. The highest BCUT2D eigenvalue weighted by Crippen LogP contribution is 2.21. The van der Waals surface area contributed by atoms with Crippen LogP contribution in [0.1, 0.15) is 11.1 Å². The number of hydrogen-bond acceptors (Lipinski definition) is 3. The van der Waals surface area contributed by atoms with Gasteiger partial charge >= 0.3 is 0 Å². The van der Waals surface area contributed by atoms with Gasteiger partial charge in [0.15, 0.2) is 0 Å². The molecule has 0 atom stereocenters. The number of aryl methyl sites for hydroxylation is 1. The first-order valence-corrected chi connectivity index (χ1v) is 4.87. The van der Waals surface area contributed by atoms with Gasteiger partial charge in [-0.05, 0) is 18.1 Å². The van der Waals surface area contributed by atoms with E-state index in [2.05, 4.69) is 23.0 Å². The maximum Gasteiger partial charge on any atom is 0.0887 e. The second kappa shape index (κ2) is 4.19. The number of benzene rings is 1. The SMILES string of the molecule is Cc1cc(CN)ccc1-c1cnccn1. The maximum absolute atomic E-state index is 5.58. The van der Waals surface area contributed by atoms with Crippen molar-refractivity contribution in [3.63, 3.8) is 0 Å². The molecule has 3 nitrogen and oxygen atoms in total. The molecule has 0 bridgehead atoms. The van der Waals surface area contributed by atoms with Gasteiger partial charge in [-0.2, -0.15) is 0 Å². The molecule has 1 aromatic carbocycles. The first-order chi connectivity index (χ1) is 7.31. The fourth-order valence-corrected chi connectivity index (χ4v) is 1.58. The summed E-state index contributed by atoms with van der Waals surface area (Å²) in [6.45, 7) is 2.63. The third kappa shape index (κ3) is 2.02. The molecule has 3 heteroatoms. The summed E-state index contributed by atoms with van der Waals surface area (Å²) in [5, 5.41) is 0. The molecule has 1 heterocycles. The van der Waals surface area contributed by atoms with Gasteiger partial charge in [-0.15, -0.1) is 0 Å². The van der Waals surface area contributed by atoms with Crippen LogP contribution in [0.15, 0.2) is 36.8 Å². The Bertz CT molecular complexity index is 452. The number of nitrogens with two attached hydrogens (primary N) is 1. The van der Waals surface area contributed by atoms with Crippen molar-refractivity contribution in [3.8, 4) is 11.3 Å². The molecule has 2 aromatic rings. The summed E-state index contributed by atoms with van der Waals surface area (Å²) in [5.74, 6) is 0. The monoisotopic (exact) mass is 199 g/mol. The molecule has 0 aliphatic rings. The maximum atomic E-state index is 5.58. The van der Waals surface area contributed by atoms with Gasteiger partial charge in [0.1, 0.15) is 0 Å². The predicted molar refractivity (Wildman–Crippen MR) is 60.1 cm³/mol. The third-order valence-corrected chi connectivity index (χ3v) is 2.37. The smallest absolute Gasteiger partial charge is 0.0887 e. The van der Waals surface area contributed by atoms with Crippen LogP contribution in [0.3, 0.4) is 0 Å². The van der Waals surface area contributed by atoms with Gasteiger partial charge in [0, 0.05) is 24.5 Å². The van der Waals surface area contributed by atoms with Gasteiger partial charge in [0.25, 0.3) is 0 Å². The topological polar surface area (TPSA) is 51.8 Å². The molecular weight excluding hydrogens is 186 g/mol.